The van der Waals surface area contributed by atoms with Gasteiger partial charge in [-0.2, -0.15) is 0 Å². The smallest absolute Gasteiger partial charge is 0.304 e. The van der Waals surface area contributed by atoms with Crippen molar-refractivity contribution in [2.45, 2.75) is 46.3 Å². The number of esters is 1. The van der Waals surface area contributed by atoms with Crippen molar-refractivity contribution in [3.05, 3.63) is 161 Å². The molecule has 5 aromatic rings. The molecule has 7 nitrogen and oxygen atoms in total. The zero-order valence-electron chi connectivity index (χ0n) is 26.7. The van der Waals surface area contributed by atoms with Crippen molar-refractivity contribution in [1.29, 1.82) is 0 Å². The first-order valence-electron chi connectivity index (χ1n) is 15.7. The van der Waals surface area contributed by atoms with E-state index in [9.17, 15) is 9.59 Å². The SMILES string of the molecule is CC(=O)OC(C)N(CCc1cccc(OCc2ccccc2)c1)C(=O)c1ccc(OCc2cccc(OCc3ccccc3)c2)cc1. The molecule has 0 aliphatic rings. The standard InChI is InChI=1S/C40H39NO6/c1-30(47-31(2)42)41(24-23-32-15-9-17-38(25-32)45-27-33-11-5-3-6-12-33)40(43)36-19-21-37(22-20-36)44-29-35-16-10-18-39(26-35)46-28-34-13-7-4-8-14-34/h3-22,25-26,30H,23-24,27-29H2,1-2H3. The van der Waals surface area contributed by atoms with E-state index in [0.717, 1.165) is 33.8 Å². The number of amides is 1. The van der Waals surface area contributed by atoms with E-state index in [-0.39, 0.29) is 5.91 Å². The van der Waals surface area contributed by atoms with E-state index >= 15 is 0 Å². The summed E-state index contributed by atoms with van der Waals surface area (Å²) in [4.78, 5) is 27.0. The average molecular weight is 630 g/mol. The van der Waals surface area contributed by atoms with Crippen LogP contribution in [0.15, 0.2) is 133 Å². The summed E-state index contributed by atoms with van der Waals surface area (Å²) >= 11 is 0. The van der Waals surface area contributed by atoms with Crippen LogP contribution in [0.4, 0.5) is 0 Å². The van der Waals surface area contributed by atoms with Gasteiger partial charge in [-0.05, 0) is 84.1 Å². The van der Waals surface area contributed by atoms with E-state index < -0.39 is 12.2 Å². The summed E-state index contributed by atoms with van der Waals surface area (Å²) in [5, 5.41) is 0. The molecule has 0 aliphatic carbocycles. The minimum atomic E-state index is -0.746. The van der Waals surface area contributed by atoms with Gasteiger partial charge in [0, 0.05) is 19.0 Å². The summed E-state index contributed by atoms with van der Waals surface area (Å²) in [6.45, 7) is 4.69. The lowest BCUT2D eigenvalue weighted by atomic mass is 10.1. The molecule has 1 atom stereocenters. The minimum Gasteiger partial charge on any atom is -0.489 e. The molecule has 0 fully saturated rings. The van der Waals surface area contributed by atoms with Crippen molar-refractivity contribution in [3.8, 4) is 17.2 Å². The molecule has 0 aliphatic heterocycles. The first-order chi connectivity index (χ1) is 22.9. The van der Waals surface area contributed by atoms with Crippen LogP contribution in [0.2, 0.25) is 0 Å². The van der Waals surface area contributed by atoms with Crippen molar-refractivity contribution in [1.82, 2.24) is 4.90 Å². The Kier molecular flexibility index (Phi) is 11.6. The van der Waals surface area contributed by atoms with Crippen LogP contribution in [0.3, 0.4) is 0 Å². The van der Waals surface area contributed by atoms with Crippen LogP contribution < -0.4 is 14.2 Å². The first kappa shape index (κ1) is 32.8. The van der Waals surface area contributed by atoms with Crippen LogP contribution >= 0.6 is 0 Å². The first-order valence-corrected chi connectivity index (χ1v) is 15.7. The predicted octanol–water partition coefficient (Wildman–Crippen LogP) is 8.02. The van der Waals surface area contributed by atoms with Gasteiger partial charge in [-0.1, -0.05) is 84.9 Å². The number of benzene rings is 5. The van der Waals surface area contributed by atoms with Gasteiger partial charge in [0.2, 0.25) is 0 Å². The average Bonchev–Trinajstić information content (AvgIpc) is 3.10. The van der Waals surface area contributed by atoms with Gasteiger partial charge in [-0.15, -0.1) is 0 Å². The molecular formula is C40H39NO6. The molecule has 0 N–H and O–H groups in total. The van der Waals surface area contributed by atoms with E-state index in [4.69, 9.17) is 18.9 Å². The number of hydrogen-bond donors (Lipinski definition) is 0. The van der Waals surface area contributed by atoms with Crippen LogP contribution in [0.1, 0.15) is 46.5 Å². The molecule has 0 radical (unpaired) electrons. The Labute approximate surface area is 276 Å². The maximum Gasteiger partial charge on any atom is 0.304 e. The highest BCUT2D eigenvalue weighted by molar-refractivity contribution is 5.94. The molecule has 0 saturated carbocycles. The second-order valence-electron chi connectivity index (χ2n) is 11.1. The van der Waals surface area contributed by atoms with Gasteiger partial charge in [-0.3, -0.25) is 9.59 Å². The fraction of sp³-hybridized carbons (Fsp3) is 0.200. The van der Waals surface area contributed by atoms with Gasteiger partial charge in [0.25, 0.3) is 5.91 Å². The lowest BCUT2D eigenvalue weighted by molar-refractivity contribution is -0.152. The lowest BCUT2D eigenvalue weighted by Gasteiger charge is -2.29. The van der Waals surface area contributed by atoms with Crippen LogP contribution in [-0.2, 0) is 35.8 Å². The maximum atomic E-state index is 13.7. The van der Waals surface area contributed by atoms with Gasteiger partial charge in [0.15, 0.2) is 6.23 Å². The monoisotopic (exact) mass is 629 g/mol. The van der Waals surface area contributed by atoms with Gasteiger partial charge >= 0.3 is 5.97 Å². The van der Waals surface area contributed by atoms with E-state index in [1.165, 1.54) is 6.92 Å². The minimum absolute atomic E-state index is 0.245. The molecule has 0 bridgehead atoms. The summed E-state index contributed by atoms with van der Waals surface area (Å²) in [7, 11) is 0. The largest absolute Gasteiger partial charge is 0.489 e. The molecule has 47 heavy (non-hydrogen) atoms. The van der Waals surface area contributed by atoms with Crippen molar-refractivity contribution >= 4 is 11.9 Å². The van der Waals surface area contributed by atoms with E-state index in [1.54, 1.807) is 36.1 Å². The molecule has 0 saturated heterocycles. The molecule has 7 heteroatoms. The molecule has 0 heterocycles. The van der Waals surface area contributed by atoms with Crippen LogP contribution in [-0.4, -0.2) is 29.5 Å². The molecule has 0 spiro atoms. The van der Waals surface area contributed by atoms with Crippen molar-refractivity contribution in [2.75, 3.05) is 6.54 Å². The Morgan fingerprint density at radius 1 is 0.574 bits per heavy atom. The second-order valence-corrected chi connectivity index (χ2v) is 11.1. The summed E-state index contributed by atoms with van der Waals surface area (Å²) in [6.07, 6.45) is -0.195. The summed E-state index contributed by atoms with van der Waals surface area (Å²) in [5.74, 6) is 1.45. The van der Waals surface area contributed by atoms with E-state index in [1.807, 2.05) is 109 Å². The van der Waals surface area contributed by atoms with Crippen molar-refractivity contribution < 1.29 is 28.5 Å². The molecule has 240 valence electrons. The molecule has 5 rings (SSSR count). The number of nitrogens with zero attached hydrogens (tertiary/aromatic N) is 1. The van der Waals surface area contributed by atoms with Gasteiger partial charge in [0.05, 0.1) is 0 Å². The molecule has 1 unspecified atom stereocenters. The van der Waals surface area contributed by atoms with Gasteiger partial charge in [-0.25, -0.2) is 0 Å². The number of ether oxygens (including phenoxy) is 4. The Morgan fingerprint density at radius 3 is 1.64 bits per heavy atom. The quantitative estimate of drug-likeness (QED) is 0.0863. The Morgan fingerprint density at radius 2 is 1.06 bits per heavy atom. The number of hydrogen-bond acceptors (Lipinski definition) is 6. The highest BCUT2D eigenvalue weighted by Gasteiger charge is 2.23. The number of carbonyl (C=O) groups excluding carboxylic acids is 2. The topological polar surface area (TPSA) is 74.3 Å². The zero-order chi connectivity index (χ0) is 32.8. The van der Waals surface area contributed by atoms with Crippen molar-refractivity contribution in [3.63, 3.8) is 0 Å². The van der Waals surface area contributed by atoms with E-state index in [2.05, 4.69) is 0 Å². The normalized spacial score (nSPS) is 11.3. The van der Waals surface area contributed by atoms with Gasteiger partial charge in [0.1, 0.15) is 37.1 Å². The maximum absolute atomic E-state index is 13.7. The van der Waals surface area contributed by atoms with Crippen molar-refractivity contribution in [2.24, 2.45) is 0 Å². The molecule has 5 aromatic carbocycles. The summed E-state index contributed by atoms with van der Waals surface area (Å²) in [6, 6.07) is 42.6. The highest BCUT2D eigenvalue weighted by Crippen LogP contribution is 2.21. The Bertz CT molecular complexity index is 1720. The third-order valence-corrected chi connectivity index (χ3v) is 7.48. The predicted molar refractivity (Wildman–Crippen MR) is 181 cm³/mol. The summed E-state index contributed by atoms with van der Waals surface area (Å²) in [5.41, 5.74) is 4.61. The second kappa shape index (κ2) is 16.7. The third-order valence-electron chi connectivity index (χ3n) is 7.48. The fourth-order valence-electron chi connectivity index (χ4n) is 5.03. The summed E-state index contributed by atoms with van der Waals surface area (Å²) < 4.78 is 23.4. The van der Waals surface area contributed by atoms with Crippen LogP contribution in [0, 0.1) is 0 Å². The number of rotatable bonds is 15. The molecule has 0 aromatic heterocycles. The Balaban J connectivity index is 1.18. The van der Waals surface area contributed by atoms with Gasteiger partial charge < -0.3 is 23.8 Å². The lowest BCUT2D eigenvalue weighted by Crippen LogP contribution is -2.42. The number of carbonyl (C=O) groups is 2. The van der Waals surface area contributed by atoms with Crippen LogP contribution in [0.25, 0.3) is 0 Å². The molecular weight excluding hydrogens is 590 g/mol. The zero-order valence-corrected chi connectivity index (χ0v) is 26.7. The fourth-order valence-corrected chi connectivity index (χ4v) is 5.03. The van der Waals surface area contributed by atoms with Crippen LogP contribution in [0.5, 0.6) is 17.2 Å². The van der Waals surface area contributed by atoms with E-state index in [0.29, 0.717) is 44.1 Å². The molecule has 1 amide bonds. The highest BCUT2D eigenvalue weighted by atomic mass is 16.6. The third kappa shape index (κ3) is 10.2. The Hall–Kier alpha value is -5.56.